The summed E-state index contributed by atoms with van der Waals surface area (Å²) in [5, 5.41) is 3.18. The van der Waals surface area contributed by atoms with Crippen LogP contribution in [0.1, 0.15) is 5.56 Å². The van der Waals surface area contributed by atoms with E-state index < -0.39 is 5.72 Å². The van der Waals surface area contributed by atoms with Crippen molar-refractivity contribution in [2.24, 2.45) is 0 Å². The van der Waals surface area contributed by atoms with E-state index in [9.17, 15) is 0 Å². The predicted octanol–water partition coefficient (Wildman–Crippen LogP) is 1.56. The van der Waals surface area contributed by atoms with Crippen molar-refractivity contribution in [3.05, 3.63) is 48.5 Å². The lowest BCUT2D eigenvalue weighted by atomic mass is 10.0. The van der Waals surface area contributed by atoms with Crippen molar-refractivity contribution >= 4 is 0 Å². The van der Waals surface area contributed by atoms with Gasteiger partial charge in [0.2, 0.25) is 0 Å². The maximum atomic E-state index is 5.55. The van der Waals surface area contributed by atoms with Gasteiger partial charge in [-0.1, -0.05) is 6.08 Å². The second-order valence-electron chi connectivity index (χ2n) is 3.38. The Kier molecular flexibility index (Phi) is 2.92. The first-order valence-corrected chi connectivity index (χ1v) is 4.98. The van der Waals surface area contributed by atoms with Gasteiger partial charge in [0.25, 0.3) is 0 Å². The summed E-state index contributed by atoms with van der Waals surface area (Å²) >= 11 is 0. The number of aromatic nitrogens is 1. The van der Waals surface area contributed by atoms with E-state index in [1.165, 1.54) is 0 Å². The monoisotopic (exact) mass is 218 g/mol. The third-order valence-electron chi connectivity index (χ3n) is 2.56. The Labute approximate surface area is 94.6 Å². The molecule has 0 fully saturated rings. The zero-order chi connectivity index (χ0) is 11.4. The molecule has 1 atom stereocenters. The van der Waals surface area contributed by atoms with Crippen molar-refractivity contribution in [3.63, 3.8) is 0 Å². The van der Waals surface area contributed by atoms with E-state index in [0.29, 0.717) is 5.75 Å². The molecular weight excluding hydrogens is 204 g/mol. The fraction of sp³-hybridized carbons (Fsp3) is 0.250. The summed E-state index contributed by atoms with van der Waals surface area (Å²) in [5.74, 6) is 0.691. The van der Waals surface area contributed by atoms with Crippen LogP contribution in [0.3, 0.4) is 0 Å². The molecule has 0 saturated carbocycles. The molecule has 0 aliphatic carbocycles. The molecule has 1 unspecified atom stereocenters. The first-order valence-electron chi connectivity index (χ1n) is 4.98. The fourth-order valence-electron chi connectivity index (χ4n) is 1.72. The van der Waals surface area contributed by atoms with Gasteiger partial charge in [-0.2, -0.15) is 0 Å². The zero-order valence-corrected chi connectivity index (χ0v) is 9.31. The Morgan fingerprint density at radius 2 is 2.19 bits per heavy atom. The highest BCUT2D eigenvalue weighted by molar-refractivity contribution is 5.40. The van der Waals surface area contributed by atoms with Gasteiger partial charge in [-0.25, -0.2) is 0 Å². The molecule has 0 aromatic carbocycles. The van der Waals surface area contributed by atoms with Gasteiger partial charge < -0.3 is 14.8 Å². The van der Waals surface area contributed by atoms with Crippen molar-refractivity contribution < 1.29 is 9.47 Å². The van der Waals surface area contributed by atoms with E-state index in [4.69, 9.17) is 9.47 Å². The van der Waals surface area contributed by atoms with Gasteiger partial charge in [0.1, 0.15) is 5.75 Å². The van der Waals surface area contributed by atoms with Crippen molar-refractivity contribution in [2.45, 2.75) is 5.72 Å². The van der Waals surface area contributed by atoms with Crippen LogP contribution in [0.25, 0.3) is 0 Å². The molecule has 1 aromatic heterocycles. The molecule has 1 aromatic rings. The van der Waals surface area contributed by atoms with Crippen LogP contribution in [0.2, 0.25) is 0 Å². The molecular formula is C12H14N2O2. The third kappa shape index (κ3) is 1.67. The number of methoxy groups -OCH3 is 2. The largest absolute Gasteiger partial charge is 0.495 e. The minimum atomic E-state index is -0.678. The van der Waals surface area contributed by atoms with Gasteiger partial charge in [-0.05, 0) is 24.4 Å². The average molecular weight is 218 g/mol. The smallest absolute Gasteiger partial charge is 0.187 e. The Bertz CT molecular complexity index is 429. The summed E-state index contributed by atoms with van der Waals surface area (Å²) in [6, 6.07) is 1.87. The van der Waals surface area contributed by atoms with Crippen molar-refractivity contribution in [1.82, 2.24) is 10.3 Å². The van der Waals surface area contributed by atoms with Gasteiger partial charge in [0.05, 0.1) is 18.9 Å². The summed E-state index contributed by atoms with van der Waals surface area (Å²) in [7, 11) is 3.27. The molecule has 0 amide bonds. The van der Waals surface area contributed by atoms with Gasteiger partial charge in [-0.15, -0.1) is 0 Å². The molecule has 0 radical (unpaired) electrons. The third-order valence-corrected chi connectivity index (χ3v) is 2.56. The summed E-state index contributed by atoms with van der Waals surface area (Å²) < 4.78 is 10.8. The average Bonchev–Trinajstić information content (AvgIpc) is 2.39. The quantitative estimate of drug-likeness (QED) is 0.836. The molecule has 1 aliphatic heterocycles. The van der Waals surface area contributed by atoms with Crippen molar-refractivity contribution in [2.75, 3.05) is 14.2 Å². The minimum Gasteiger partial charge on any atom is -0.495 e. The number of hydrogen-bond acceptors (Lipinski definition) is 4. The fourth-order valence-corrected chi connectivity index (χ4v) is 1.72. The molecule has 84 valence electrons. The minimum absolute atomic E-state index is 0.678. The predicted molar refractivity (Wildman–Crippen MR) is 60.9 cm³/mol. The highest BCUT2D eigenvalue weighted by Crippen LogP contribution is 2.32. The van der Waals surface area contributed by atoms with Crippen LogP contribution >= 0.6 is 0 Å². The van der Waals surface area contributed by atoms with Gasteiger partial charge in [0, 0.05) is 13.3 Å². The number of rotatable bonds is 3. The van der Waals surface area contributed by atoms with Crippen LogP contribution in [0.15, 0.2) is 42.9 Å². The second kappa shape index (κ2) is 4.37. The molecule has 4 nitrogen and oxygen atoms in total. The molecule has 4 heteroatoms. The maximum absolute atomic E-state index is 5.55. The normalized spacial score (nSPS) is 22.9. The SMILES string of the molecule is COc1cnccc1C1(OC)C=CC=CN1. The molecule has 0 saturated heterocycles. The lowest BCUT2D eigenvalue weighted by Crippen LogP contribution is -2.40. The Balaban J connectivity index is 2.48. The van der Waals surface area contributed by atoms with Crippen LogP contribution in [0, 0.1) is 0 Å². The number of nitrogens with zero attached hydrogens (tertiary/aromatic N) is 1. The molecule has 16 heavy (non-hydrogen) atoms. The maximum Gasteiger partial charge on any atom is 0.187 e. The molecule has 1 aliphatic rings. The molecule has 1 N–H and O–H groups in total. The Hall–Kier alpha value is -1.81. The lowest BCUT2D eigenvalue weighted by molar-refractivity contribution is 0.00728. The molecule has 0 spiro atoms. The van der Waals surface area contributed by atoms with Gasteiger partial charge >= 0.3 is 0 Å². The van der Waals surface area contributed by atoms with Crippen LogP contribution in [0.4, 0.5) is 0 Å². The number of dihydropyridines is 1. The highest BCUT2D eigenvalue weighted by Gasteiger charge is 2.31. The number of pyridine rings is 1. The molecule has 0 bridgehead atoms. The summed E-state index contributed by atoms with van der Waals surface area (Å²) in [5.41, 5.74) is 0.219. The Morgan fingerprint density at radius 1 is 1.31 bits per heavy atom. The van der Waals surface area contributed by atoms with Crippen LogP contribution in [0.5, 0.6) is 5.75 Å². The summed E-state index contributed by atoms with van der Waals surface area (Å²) in [4.78, 5) is 4.03. The first kappa shape index (κ1) is 10.7. The number of allylic oxidation sites excluding steroid dienone is 2. The van der Waals surface area contributed by atoms with E-state index in [1.807, 2.05) is 30.5 Å². The number of nitrogens with one attached hydrogen (secondary N) is 1. The lowest BCUT2D eigenvalue weighted by Gasteiger charge is -2.32. The number of hydrogen-bond donors (Lipinski definition) is 1. The molecule has 2 heterocycles. The van der Waals surface area contributed by atoms with Gasteiger partial charge in [0.15, 0.2) is 5.72 Å². The topological polar surface area (TPSA) is 43.4 Å². The van der Waals surface area contributed by atoms with Crippen LogP contribution in [-0.4, -0.2) is 19.2 Å². The van der Waals surface area contributed by atoms with Gasteiger partial charge in [-0.3, -0.25) is 4.98 Å². The van der Waals surface area contributed by atoms with E-state index in [1.54, 1.807) is 26.6 Å². The van der Waals surface area contributed by atoms with Crippen LogP contribution < -0.4 is 10.1 Å². The van der Waals surface area contributed by atoms with Crippen LogP contribution in [-0.2, 0) is 10.5 Å². The standard InChI is InChI=1S/C12H14N2O2/c1-15-11-9-13-8-5-10(11)12(16-2)6-3-4-7-14-12/h3-9,14H,1-2H3. The van der Waals surface area contributed by atoms with Crippen molar-refractivity contribution in [3.8, 4) is 5.75 Å². The van der Waals surface area contributed by atoms with Crippen molar-refractivity contribution in [1.29, 1.82) is 0 Å². The highest BCUT2D eigenvalue weighted by atomic mass is 16.5. The van der Waals surface area contributed by atoms with E-state index in [-0.39, 0.29) is 0 Å². The zero-order valence-electron chi connectivity index (χ0n) is 9.31. The Morgan fingerprint density at radius 3 is 2.81 bits per heavy atom. The number of ether oxygens (including phenoxy) is 2. The first-order chi connectivity index (χ1) is 7.82. The summed E-state index contributed by atoms with van der Waals surface area (Å²) in [6.07, 6.45) is 11.0. The summed E-state index contributed by atoms with van der Waals surface area (Å²) in [6.45, 7) is 0. The second-order valence-corrected chi connectivity index (χ2v) is 3.38. The van der Waals surface area contributed by atoms with E-state index in [0.717, 1.165) is 5.56 Å². The van der Waals surface area contributed by atoms with E-state index >= 15 is 0 Å². The molecule has 2 rings (SSSR count). The van der Waals surface area contributed by atoms with E-state index in [2.05, 4.69) is 10.3 Å².